The van der Waals surface area contributed by atoms with Gasteiger partial charge in [0.2, 0.25) is 0 Å². The molecule has 25 heavy (non-hydrogen) atoms. The highest BCUT2D eigenvalue weighted by molar-refractivity contribution is 5.89. The second-order valence-electron chi connectivity index (χ2n) is 5.91. The van der Waals surface area contributed by atoms with Gasteiger partial charge in [0.05, 0.1) is 29.9 Å². The van der Waals surface area contributed by atoms with Crippen molar-refractivity contribution in [1.82, 2.24) is 14.7 Å². The zero-order valence-electron chi connectivity index (χ0n) is 14.2. The molecular formula is C19H19N5O. The summed E-state index contributed by atoms with van der Waals surface area (Å²) in [5.74, 6) is 0. The summed E-state index contributed by atoms with van der Waals surface area (Å²) in [5, 5.41) is 17.1. The molecule has 0 aliphatic heterocycles. The Morgan fingerprint density at radius 2 is 2.00 bits per heavy atom. The van der Waals surface area contributed by atoms with Gasteiger partial charge in [-0.15, -0.1) is 0 Å². The first-order chi connectivity index (χ1) is 12.1. The van der Waals surface area contributed by atoms with E-state index in [0.29, 0.717) is 12.1 Å². The summed E-state index contributed by atoms with van der Waals surface area (Å²) in [4.78, 5) is 13.7. The molecule has 3 aromatic rings. The highest BCUT2D eigenvalue weighted by atomic mass is 16.2. The highest BCUT2D eigenvalue weighted by Gasteiger charge is 2.15. The van der Waals surface area contributed by atoms with Crippen LogP contribution in [0.4, 0.5) is 10.5 Å². The summed E-state index contributed by atoms with van der Waals surface area (Å²) in [7, 11) is 1.68. The number of nitrogens with zero attached hydrogens (tertiary/aromatic N) is 4. The lowest BCUT2D eigenvalue weighted by atomic mass is 10.2. The van der Waals surface area contributed by atoms with E-state index in [4.69, 9.17) is 5.26 Å². The minimum atomic E-state index is -0.236. The number of para-hydroxylation sites is 1. The van der Waals surface area contributed by atoms with Crippen LogP contribution in [0, 0.1) is 11.3 Å². The molecule has 6 heteroatoms. The maximum atomic E-state index is 12.2. The fraction of sp³-hybridized carbons (Fsp3) is 0.211. The smallest absolute Gasteiger partial charge is 0.321 e. The van der Waals surface area contributed by atoms with Crippen LogP contribution in [-0.2, 0) is 0 Å². The minimum absolute atomic E-state index is 0.139. The molecule has 2 amide bonds. The van der Waals surface area contributed by atoms with Crippen molar-refractivity contribution in [3.05, 3.63) is 54.7 Å². The van der Waals surface area contributed by atoms with E-state index in [9.17, 15) is 4.79 Å². The van der Waals surface area contributed by atoms with Gasteiger partial charge >= 0.3 is 6.03 Å². The van der Waals surface area contributed by atoms with Crippen molar-refractivity contribution in [1.29, 1.82) is 5.26 Å². The maximum Gasteiger partial charge on any atom is 0.321 e. The Hall–Kier alpha value is -3.33. The van der Waals surface area contributed by atoms with Crippen molar-refractivity contribution < 1.29 is 4.79 Å². The Kier molecular flexibility index (Phi) is 4.66. The van der Waals surface area contributed by atoms with Crippen LogP contribution in [0.1, 0.15) is 13.3 Å². The number of aromatic nitrogens is 2. The van der Waals surface area contributed by atoms with Gasteiger partial charge in [-0.05, 0) is 37.3 Å². The fourth-order valence-electron chi connectivity index (χ4n) is 2.54. The monoisotopic (exact) mass is 333 g/mol. The first kappa shape index (κ1) is 16.5. The van der Waals surface area contributed by atoms with Crippen LogP contribution in [0.3, 0.4) is 0 Å². The molecule has 1 N–H and O–H groups in total. The molecule has 0 saturated heterocycles. The van der Waals surface area contributed by atoms with Gasteiger partial charge in [0, 0.05) is 24.2 Å². The highest BCUT2D eigenvalue weighted by Crippen LogP contribution is 2.19. The van der Waals surface area contributed by atoms with Gasteiger partial charge in [-0.1, -0.05) is 18.2 Å². The SMILES string of the molecule is CC(CC#N)N(C)C(=O)Nc1ccc(-n2ncc3ccccc32)cc1. The molecule has 0 bridgehead atoms. The van der Waals surface area contributed by atoms with E-state index in [-0.39, 0.29) is 12.1 Å². The molecule has 1 atom stereocenters. The van der Waals surface area contributed by atoms with Gasteiger partial charge in [0.1, 0.15) is 0 Å². The van der Waals surface area contributed by atoms with E-state index in [1.54, 1.807) is 7.05 Å². The number of amides is 2. The first-order valence-electron chi connectivity index (χ1n) is 8.04. The summed E-state index contributed by atoms with van der Waals surface area (Å²) < 4.78 is 1.86. The summed E-state index contributed by atoms with van der Waals surface area (Å²) in [6, 6.07) is 17.2. The number of hydrogen-bond acceptors (Lipinski definition) is 3. The van der Waals surface area contributed by atoms with Gasteiger partial charge < -0.3 is 10.2 Å². The van der Waals surface area contributed by atoms with Gasteiger partial charge in [-0.2, -0.15) is 10.4 Å². The molecule has 0 aliphatic carbocycles. The number of hydrogen-bond donors (Lipinski definition) is 1. The van der Waals surface area contributed by atoms with Gasteiger partial charge in [0.15, 0.2) is 0 Å². The molecule has 1 aromatic heterocycles. The zero-order valence-corrected chi connectivity index (χ0v) is 14.2. The van der Waals surface area contributed by atoms with E-state index in [0.717, 1.165) is 16.6 Å². The lowest BCUT2D eigenvalue weighted by molar-refractivity contribution is 0.208. The Morgan fingerprint density at radius 1 is 1.28 bits per heavy atom. The van der Waals surface area contributed by atoms with Gasteiger partial charge in [-0.3, -0.25) is 0 Å². The van der Waals surface area contributed by atoms with Crippen molar-refractivity contribution in [2.45, 2.75) is 19.4 Å². The topological polar surface area (TPSA) is 74.0 Å². The normalized spacial score (nSPS) is 11.7. The molecule has 0 fully saturated rings. The molecule has 0 radical (unpaired) electrons. The molecule has 3 rings (SSSR count). The molecule has 1 heterocycles. The molecule has 0 saturated carbocycles. The average molecular weight is 333 g/mol. The molecule has 2 aromatic carbocycles. The number of urea groups is 1. The second kappa shape index (κ2) is 7.05. The predicted molar refractivity (Wildman–Crippen MR) is 97.5 cm³/mol. The number of nitrogens with one attached hydrogen (secondary N) is 1. The van der Waals surface area contributed by atoms with Crippen molar-refractivity contribution >= 4 is 22.6 Å². The van der Waals surface area contributed by atoms with Crippen LogP contribution in [0.25, 0.3) is 16.6 Å². The van der Waals surface area contributed by atoms with Gasteiger partial charge in [0.25, 0.3) is 0 Å². The molecule has 0 spiro atoms. The molecule has 0 aliphatic rings. The van der Waals surface area contributed by atoms with Crippen molar-refractivity contribution in [2.24, 2.45) is 0 Å². The third-order valence-corrected chi connectivity index (χ3v) is 4.21. The zero-order chi connectivity index (χ0) is 17.8. The van der Waals surface area contributed by atoms with Crippen LogP contribution < -0.4 is 5.32 Å². The third kappa shape index (κ3) is 3.45. The summed E-state index contributed by atoms with van der Waals surface area (Å²) in [6.45, 7) is 1.84. The predicted octanol–water partition coefficient (Wildman–Crippen LogP) is 3.79. The maximum absolute atomic E-state index is 12.2. The Balaban J connectivity index is 1.75. The molecule has 1 unspecified atom stereocenters. The van der Waals surface area contributed by atoms with Crippen LogP contribution in [0.15, 0.2) is 54.7 Å². The summed E-state index contributed by atoms with van der Waals surface area (Å²) in [6.07, 6.45) is 2.13. The van der Waals surface area contributed by atoms with Crippen LogP contribution in [0.2, 0.25) is 0 Å². The Morgan fingerprint density at radius 3 is 2.72 bits per heavy atom. The average Bonchev–Trinajstić information content (AvgIpc) is 3.06. The van der Waals surface area contributed by atoms with Gasteiger partial charge in [-0.25, -0.2) is 9.48 Å². The summed E-state index contributed by atoms with van der Waals surface area (Å²) >= 11 is 0. The Labute approximate surface area is 146 Å². The van der Waals surface area contributed by atoms with E-state index in [1.807, 2.05) is 66.3 Å². The minimum Gasteiger partial charge on any atom is -0.324 e. The first-order valence-corrected chi connectivity index (χ1v) is 8.04. The van der Waals surface area contributed by atoms with Crippen LogP contribution >= 0.6 is 0 Å². The van der Waals surface area contributed by atoms with Crippen molar-refractivity contribution in [2.75, 3.05) is 12.4 Å². The van der Waals surface area contributed by atoms with Crippen LogP contribution in [0.5, 0.6) is 0 Å². The van der Waals surface area contributed by atoms with Crippen molar-refractivity contribution in [3.63, 3.8) is 0 Å². The van der Waals surface area contributed by atoms with Crippen LogP contribution in [-0.4, -0.2) is 33.8 Å². The van der Waals surface area contributed by atoms with E-state index >= 15 is 0 Å². The number of fused-ring (bicyclic) bond motifs is 1. The Bertz CT molecular complexity index is 923. The number of rotatable bonds is 4. The number of benzene rings is 2. The van der Waals surface area contributed by atoms with Crippen molar-refractivity contribution in [3.8, 4) is 11.8 Å². The van der Waals surface area contributed by atoms with E-state index in [1.165, 1.54) is 4.90 Å². The number of carbonyl (C=O) groups excluding carboxylic acids is 1. The lowest BCUT2D eigenvalue weighted by Gasteiger charge is -2.23. The summed E-state index contributed by atoms with van der Waals surface area (Å²) in [5.41, 5.74) is 2.65. The lowest BCUT2D eigenvalue weighted by Crippen LogP contribution is -2.38. The number of carbonyl (C=O) groups is 1. The molecular weight excluding hydrogens is 314 g/mol. The quantitative estimate of drug-likeness (QED) is 0.789. The largest absolute Gasteiger partial charge is 0.324 e. The third-order valence-electron chi connectivity index (χ3n) is 4.21. The number of nitriles is 1. The number of anilines is 1. The molecule has 126 valence electrons. The van der Waals surface area contributed by atoms with E-state index in [2.05, 4.69) is 16.5 Å². The fourth-order valence-corrected chi connectivity index (χ4v) is 2.54. The second-order valence-corrected chi connectivity index (χ2v) is 5.91. The van der Waals surface area contributed by atoms with E-state index < -0.39 is 0 Å². The molecule has 6 nitrogen and oxygen atoms in total. The standard InChI is InChI=1S/C19H19N5O/c1-14(11-12-20)23(2)19(25)22-16-7-9-17(10-8-16)24-18-6-4-3-5-15(18)13-21-24/h3-10,13-14H,11H2,1-2H3,(H,22,25).